The Labute approximate surface area is 107 Å². The number of carbonyl (C=O) groups excluding carboxylic acids is 2. The van der Waals surface area contributed by atoms with Crippen LogP contribution in [0.5, 0.6) is 0 Å². The molecule has 0 spiro atoms. The number of halogens is 2. The van der Waals surface area contributed by atoms with Crippen molar-refractivity contribution in [3.8, 4) is 0 Å². The summed E-state index contributed by atoms with van der Waals surface area (Å²) in [5.41, 5.74) is -0.302. The first-order valence-corrected chi connectivity index (χ1v) is 5.48. The van der Waals surface area contributed by atoms with Gasteiger partial charge in [0.15, 0.2) is 11.6 Å². The summed E-state index contributed by atoms with van der Waals surface area (Å²) in [7, 11) is 1.61. The minimum atomic E-state index is -0.974. The highest BCUT2D eigenvalue weighted by Gasteiger charge is 2.19. The second-order valence-electron chi connectivity index (χ2n) is 4.01. The third-order valence-corrected chi connectivity index (χ3v) is 2.62. The zero-order chi connectivity index (χ0) is 14.0. The first-order valence-electron chi connectivity index (χ1n) is 5.48. The maximum Gasteiger partial charge on any atom is 0.205 e. The van der Waals surface area contributed by atoms with Crippen LogP contribution in [0.15, 0.2) is 30.6 Å². The van der Waals surface area contributed by atoms with E-state index in [9.17, 15) is 18.4 Å². The van der Waals surface area contributed by atoms with Crippen LogP contribution >= 0.6 is 0 Å². The molecule has 0 aliphatic heterocycles. The Balaban J connectivity index is 2.18. The normalized spacial score (nSPS) is 10.5. The predicted molar refractivity (Wildman–Crippen MR) is 62.8 cm³/mol. The standard InChI is InChI=1S/C13H10F2N2O2/c1-17-5-4-16-13(17)12(19)7-11(18)9-3-2-8(14)6-10(9)15/h2-6H,7H2,1H3. The van der Waals surface area contributed by atoms with Gasteiger partial charge in [0, 0.05) is 25.5 Å². The molecule has 19 heavy (non-hydrogen) atoms. The number of aryl methyl sites for hydroxylation is 1. The van der Waals surface area contributed by atoms with Crippen LogP contribution in [0, 0.1) is 11.6 Å². The third-order valence-electron chi connectivity index (χ3n) is 2.62. The molecule has 98 valence electrons. The van der Waals surface area contributed by atoms with Gasteiger partial charge in [0.2, 0.25) is 5.78 Å². The Morgan fingerprint density at radius 3 is 2.58 bits per heavy atom. The highest BCUT2D eigenvalue weighted by molar-refractivity contribution is 6.12. The van der Waals surface area contributed by atoms with E-state index in [1.807, 2.05) is 0 Å². The first kappa shape index (κ1) is 13.1. The molecular weight excluding hydrogens is 254 g/mol. The van der Waals surface area contributed by atoms with Crippen molar-refractivity contribution in [3.63, 3.8) is 0 Å². The van der Waals surface area contributed by atoms with Crippen LogP contribution in [0.3, 0.4) is 0 Å². The van der Waals surface area contributed by atoms with Gasteiger partial charge in [-0.15, -0.1) is 0 Å². The van der Waals surface area contributed by atoms with Gasteiger partial charge in [-0.2, -0.15) is 0 Å². The molecule has 0 radical (unpaired) electrons. The molecule has 2 rings (SSSR count). The van der Waals surface area contributed by atoms with Gasteiger partial charge < -0.3 is 4.57 Å². The van der Waals surface area contributed by atoms with E-state index in [-0.39, 0.29) is 11.4 Å². The maximum absolute atomic E-state index is 13.4. The van der Waals surface area contributed by atoms with Gasteiger partial charge in [-0.05, 0) is 12.1 Å². The molecule has 0 bridgehead atoms. The largest absolute Gasteiger partial charge is 0.332 e. The summed E-state index contributed by atoms with van der Waals surface area (Å²) in [5, 5.41) is 0. The van der Waals surface area contributed by atoms with Gasteiger partial charge in [0.1, 0.15) is 11.6 Å². The van der Waals surface area contributed by atoms with Crippen LogP contribution in [-0.2, 0) is 7.05 Å². The quantitative estimate of drug-likeness (QED) is 0.628. The van der Waals surface area contributed by atoms with Crippen molar-refractivity contribution in [2.45, 2.75) is 6.42 Å². The molecule has 6 heteroatoms. The van der Waals surface area contributed by atoms with Gasteiger partial charge in [0.05, 0.1) is 12.0 Å². The van der Waals surface area contributed by atoms with Gasteiger partial charge >= 0.3 is 0 Å². The Kier molecular flexibility index (Phi) is 3.50. The van der Waals surface area contributed by atoms with Crippen LogP contribution < -0.4 is 0 Å². The molecule has 0 unspecified atom stereocenters. The number of hydrogen-bond acceptors (Lipinski definition) is 3. The summed E-state index contributed by atoms with van der Waals surface area (Å²) in [6, 6.07) is 2.61. The molecule has 1 aromatic carbocycles. The van der Waals surface area contributed by atoms with Crippen molar-refractivity contribution in [2.75, 3.05) is 0 Å². The van der Waals surface area contributed by atoms with Gasteiger partial charge in [-0.1, -0.05) is 0 Å². The Hall–Kier alpha value is -2.37. The fourth-order valence-electron chi connectivity index (χ4n) is 1.67. The molecule has 2 aromatic rings. The zero-order valence-corrected chi connectivity index (χ0v) is 10.1. The van der Waals surface area contributed by atoms with Crippen molar-refractivity contribution < 1.29 is 18.4 Å². The van der Waals surface area contributed by atoms with Crippen LogP contribution in [0.1, 0.15) is 27.4 Å². The number of imidazole rings is 1. The van der Waals surface area contributed by atoms with Crippen molar-refractivity contribution in [1.82, 2.24) is 9.55 Å². The Morgan fingerprint density at radius 1 is 1.26 bits per heavy atom. The molecule has 0 atom stereocenters. The number of Topliss-reactive ketones (excluding diaryl/α,β-unsaturated/α-hetero) is 2. The molecule has 4 nitrogen and oxygen atoms in total. The molecule has 0 fully saturated rings. The molecular formula is C13H10F2N2O2. The van der Waals surface area contributed by atoms with Crippen LogP contribution in [-0.4, -0.2) is 21.1 Å². The molecule has 1 heterocycles. The molecule has 0 N–H and O–H groups in total. The van der Waals surface area contributed by atoms with E-state index < -0.39 is 29.6 Å². The maximum atomic E-state index is 13.4. The molecule has 0 aliphatic carbocycles. The zero-order valence-electron chi connectivity index (χ0n) is 10.1. The van der Waals surface area contributed by atoms with Crippen molar-refractivity contribution >= 4 is 11.6 Å². The number of benzene rings is 1. The lowest BCUT2D eigenvalue weighted by Crippen LogP contribution is -2.14. The molecule has 1 aromatic heterocycles. The summed E-state index contributed by atoms with van der Waals surface area (Å²) in [4.78, 5) is 27.4. The predicted octanol–water partition coefficient (Wildman–Crippen LogP) is 2.15. The minimum absolute atomic E-state index is 0.121. The topological polar surface area (TPSA) is 52.0 Å². The van der Waals surface area contributed by atoms with Gasteiger partial charge in [-0.3, -0.25) is 9.59 Å². The monoisotopic (exact) mass is 264 g/mol. The number of ketones is 2. The third kappa shape index (κ3) is 2.73. The molecule has 0 amide bonds. The first-order chi connectivity index (χ1) is 8.99. The van der Waals surface area contributed by atoms with Crippen molar-refractivity contribution in [3.05, 3.63) is 53.6 Å². The average Bonchev–Trinajstić information content (AvgIpc) is 2.75. The van der Waals surface area contributed by atoms with Crippen molar-refractivity contribution in [2.24, 2.45) is 7.05 Å². The number of aromatic nitrogens is 2. The molecule has 0 aliphatic rings. The van der Waals surface area contributed by atoms with E-state index in [1.165, 1.54) is 10.8 Å². The average molecular weight is 264 g/mol. The summed E-state index contributed by atoms with van der Waals surface area (Å²) in [6.07, 6.45) is 2.49. The van der Waals surface area contributed by atoms with Crippen molar-refractivity contribution in [1.29, 1.82) is 0 Å². The fourth-order valence-corrected chi connectivity index (χ4v) is 1.67. The van der Waals surface area contributed by atoms with E-state index in [4.69, 9.17) is 0 Å². The van der Waals surface area contributed by atoms with Crippen LogP contribution in [0.4, 0.5) is 8.78 Å². The number of carbonyl (C=O) groups is 2. The summed E-state index contributed by atoms with van der Waals surface area (Å²) < 4.78 is 27.6. The lowest BCUT2D eigenvalue weighted by Gasteiger charge is -2.03. The number of rotatable bonds is 4. The van der Waals surface area contributed by atoms with Crippen LogP contribution in [0.2, 0.25) is 0 Å². The lowest BCUT2D eigenvalue weighted by atomic mass is 10.1. The second-order valence-corrected chi connectivity index (χ2v) is 4.01. The van der Waals surface area contributed by atoms with E-state index in [0.29, 0.717) is 6.07 Å². The smallest absolute Gasteiger partial charge is 0.205 e. The molecule has 0 saturated heterocycles. The SMILES string of the molecule is Cn1ccnc1C(=O)CC(=O)c1ccc(F)cc1F. The van der Waals surface area contributed by atoms with E-state index in [2.05, 4.69) is 4.98 Å². The Morgan fingerprint density at radius 2 is 2.00 bits per heavy atom. The Bertz CT molecular complexity index is 650. The van der Waals surface area contributed by atoms with E-state index in [1.54, 1.807) is 13.2 Å². The second kappa shape index (κ2) is 5.09. The van der Waals surface area contributed by atoms with E-state index >= 15 is 0 Å². The molecule has 0 saturated carbocycles. The van der Waals surface area contributed by atoms with Gasteiger partial charge in [-0.25, -0.2) is 13.8 Å². The van der Waals surface area contributed by atoms with Gasteiger partial charge in [0.25, 0.3) is 0 Å². The number of hydrogen-bond donors (Lipinski definition) is 0. The fraction of sp³-hybridized carbons (Fsp3) is 0.154. The highest BCUT2D eigenvalue weighted by Crippen LogP contribution is 2.13. The number of nitrogens with zero attached hydrogens (tertiary/aromatic N) is 2. The summed E-state index contributed by atoms with van der Waals surface area (Å²) in [5.74, 6) is -2.84. The minimum Gasteiger partial charge on any atom is -0.332 e. The lowest BCUT2D eigenvalue weighted by molar-refractivity contribution is 0.0885. The highest BCUT2D eigenvalue weighted by atomic mass is 19.1. The van der Waals surface area contributed by atoms with Crippen LogP contribution in [0.25, 0.3) is 0 Å². The summed E-state index contributed by atoms with van der Waals surface area (Å²) in [6.45, 7) is 0. The summed E-state index contributed by atoms with van der Waals surface area (Å²) >= 11 is 0. The van der Waals surface area contributed by atoms with E-state index in [0.717, 1.165) is 12.1 Å².